The molecular weight excluding hydrogens is 254 g/mol. The number of piperidine rings is 1. The van der Waals surface area contributed by atoms with E-state index in [4.69, 9.17) is 4.74 Å². The predicted molar refractivity (Wildman–Crippen MR) is 79.7 cm³/mol. The van der Waals surface area contributed by atoms with Gasteiger partial charge in [-0.2, -0.15) is 0 Å². The monoisotopic (exact) mass is 283 g/mol. The van der Waals surface area contributed by atoms with E-state index in [0.717, 1.165) is 38.8 Å². The highest BCUT2D eigenvalue weighted by atomic mass is 16.5. The van der Waals surface area contributed by atoms with Crippen molar-refractivity contribution >= 4 is 5.91 Å². The Morgan fingerprint density at radius 1 is 1.15 bits per heavy atom. The molecule has 5 heteroatoms. The van der Waals surface area contributed by atoms with E-state index in [2.05, 4.69) is 29.4 Å². The van der Waals surface area contributed by atoms with Gasteiger partial charge in [0.1, 0.15) is 0 Å². The molecule has 0 aromatic heterocycles. The summed E-state index contributed by atoms with van der Waals surface area (Å²) in [6, 6.07) is 1.18. The molecule has 116 valence electrons. The molecule has 2 fully saturated rings. The molecule has 0 bridgehead atoms. The SMILES string of the molecule is CNC(=O)CN1CCC(NC2CC(C)OC(C)C2)CC1. The van der Waals surface area contributed by atoms with Gasteiger partial charge in [-0.3, -0.25) is 9.69 Å². The van der Waals surface area contributed by atoms with Crippen molar-refractivity contribution < 1.29 is 9.53 Å². The van der Waals surface area contributed by atoms with Crippen LogP contribution in [0.2, 0.25) is 0 Å². The Morgan fingerprint density at radius 3 is 2.30 bits per heavy atom. The third-order valence-electron chi connectivity index (χ3n) is 4.40. The average Bonchev–Trinajstić information content (AvgIpc) is 2.39. The zero-order valence-corrected chi connectivity index (χ0v) is 13.0. The van der Waals surface area contributed by atoms with Crippen molar-refractivity contribution in [3.8, 4) is 0 Å². The van der Waals surface area contributed by atoms with Crippen molar-refractivity contribution in [2.24, 2.45) is 0 Å². The first-order chi connectivity index (χ1) is 9.56. The topological polar surface area (TPSA) is 53.6 Å². The lowest BCUT2D eigenvalue weighted by molar-refractivity contribution is -0.122. The van der Waals surface area contributed by atoms with Crippen molar-refractivity contribution in [2.75, 3.05) is 26.7 Å². The van der Waals surface area contributed by atoms with Crippen LogP contribution in [0.5, 0.6) is 0 Å². The molecule has 2 heterocycles. The minimum absolute atomic E-state index is 0.114. The van der Waals surface area contributed by atoms with Crippen molar-refractivity contribution in [3.05, 3.63) is 0 Å². The standard InChI is InChI=1S/C15H29N3O2/c1-11-8-14(9-12(2)20-11)17-13-4-6-18(7-5-13)10-15(19)16-3/h11-14,17H,4-10H2,1-3H3,(H,16,19). The number of hydrogen-bond acceptors (Lipinski definition) is 4. The zero-order valence-electron chi connectivity index (χ0n) is 13.0. The maximum absolute atomic E-state index is 11.4. The molecule has 0 aromatic carbocycles. The second-order valence-electron chi connectivity index (χ2n) is 6.32. The first-order valence-electron chi connectivity index (χ1n) is 7.91. The summed E-state index contributed by atoms with van der Waals surface area (Å²) < 4.78 is 5.79. The Hall–Kier alpha value is -0.650. The summed E-state index contributed by atoms with van der Waals surface area (Å²) in [4.78, 5) is 13.6. The lowest BCUT2D eigenvalue weighted by atomic mass is 9.96. The van der Waals surface area contributed by atoms with E-state index in [-0.39, 0.29) is 5.91 Å². The number of ether oxygens (including phenoxy) is 1. The van der Waals surface area contributed by atoms with Gasteiger partial charge in [0, 0.05) is 32.2 Å². The summed E-state index contributed by atoms with van der Waals surface area (Å²) in [5.41, 5.74) is 0. The Labute approximate surface area is 122 Å². The fraction of sp³-hybridized carbons (Fsp3) is 0.933. The molecule has 2 aliphatic rings. The van der Waals surface area contributed by atoms with Gasteiger partial charge in [-0.25, -0.2) is 0 Å². The van der Waals surface area contributed by atoms with Crippen LogP contribution in [0, 0.1) is 0 Å². The molecule has 0 saturated carbocycles. The highest BCUT2D eigenvalue weighted by Crippen LogP contribution is 2.21. The third-order valence-corrected chi connectivity index (χ3v) is 4.40. The van der Waals surface area contributed by atoms with Gasteiger partial charge in [-0.1, -0.05) is 0 Å². The number of carbonyl (C=O) groups excluding carboxylic acids is 1. The minimum Gasteiger partial charge on any atom is -0.375 e. The van der Waals surface area contributed by atoms with E-state index in [0.29, 0.717) is 30.8 Å². The normalized spacial score (nSPS) is 33.0. The van der Waals surface area contributed by atoms with E-state index in [1.807, 2.05) is 0 Å². The molecular formula is C15H29N3O2. The summed E-state index contributed by atoms with van der Waals surface area (Å²) in [6.45, 7) is 6.89. The molecule has 1 amide bonds. The quantitative estimate of drug-likeness (QED) is 0.799. The Balaban J connectivity index is 1.70. The zero-order chi connectivity index (χ0) is 14.5. The van der Waals surface area contributed by atoms with Crippen molar-refractivity contribution in [2.45, 2.75) is 63.8 Å². The maximum atomic E-state index is 11.4. The number of likely N-dealkylation sites (N-methyl/N-ethyl adjacent to an activating group) is 1. The second kappa shape index (κ2) is 7.38. The highest BCUT2D eigenvalue weighted by molar-refractivity contribution is 5.77. The van der Waals surface area contributed by atoms with Crippen LogP contribution in [0.1, 0.15) is 39.5 Å². The van der Waals surface area contributed by atoms with E-state index in [9.17, 15) is 4.79 Å². The molecule has 20 heavy (non-hydrogen) atoms. The molecule has 0 spiro atoms. The Bertz CT molecular complexity index is 306. The number of hydrogen-bond donors (Lipinski definition) is 2. The van der Waals surface area contributed by atoms with Gasteiger partial charge in [-0.15, -0.1) is 0 Å². The Morgan fingerprint density at radius 2 is 1.75 bits per heavy atom. The maximum Gasteiger partial charge on any atom is 0.233 e. The van der Waals surface area contributed by atoms with Gasteiger partial charge >= 0.3 is 0 Å². The lowest BCUT2D eigenvalue weighted by Crippen LogP contribution is -2.50. The molecule has 2 unspecified atom stereocenters. The van der Waals surface area contributed by atoms with Gasteiger partial charge in [0.2, 0.25) is 5.91 Å². The molecule has 2 aliphatic heterocycles. The molecule has 0 aliphatic carbocycles. The number of amides is 1. The lowest BCUT2D eigenvalue weighted by Gasteiger charge is -2.38. The van der Waals surface area contributed by atoms with E-state index in [1.165, 1.54) is 0 Å². The van der Waals surface area contributed by atoms with Crippen LogP contribution in [-0.4, -0.2) is 61.8 Å². The van der Waals surface area contributed by atoms with Gasteiger partial charge in [0.15, 0.2) is 0 Å². The summed E-state index contributed by atoms with van der Waals surface area (Å²) in [5, 5.41) is 6.49. The van der Waals surface area contributed by atoms with Crippen LogP contribution in [-0.2, 0) is 9.53 Å². The first-order valence-corrected chi connectivity index (χ1v) is 7.91. The Kier molecular flexibility index (Phi) is 5.81. The largest absolute Gasteiger partial charge is 0.375 e. The van der Waals surface area contributed by atoms with Crippen LogP contribution >= 0.6 is 0 Å². The van der Waals surface area contributed by atoms with E-state index >= 15 is 0 Å². The van der Waals surface area contributed by atoms with E-state index < -0.39 is 0 Å². The number of rotatable bonds is 4. The molecule has 2 rings (SSSR count). The third kappa shape index (κ3) is 4.72. The molecule has 2 atom stereocenters. The summed E-state index contributed by atoms with van der Waals surface area (Å²) in [6.07, 6.45) is 5.23. The van der Waals surface area contributed by atoms with Crippen molar-refractivity contribution in [1.82, 2.24) is 15.5 Å². The summed E-state index contributed by atoms with van der Waals surface area (Å²) in [7, 11) is 1.70. The minimum atomic E-state index is 0.114. The fourth-order valence-corrected chi connectivity index (χ4v) is 3.41. The fourth-order valence-electron chi connectivity index (χ4n) is 3.41. The molecule has 0 aromatic rings. The first kappa shape index (κ1) is 15.7. The number of likely N-dealkylation sites (tertiary alicyclic amines) is 1. The van der Waals surface area contributed by atoms with Crippen LogP contribution in [0.25, 0.3) is 0 Å². The van der Waals surface area contributed by atoms with Gasteiger partial charge in [-0.05, 0) is 39.5 Å². The molecule has 0 radical (unpaired) electrons. The van der Waals surface area contributed by atoms with Crippen LogP contribution in [0.15, 0.2) is 0 Å². The smallest absolute Gasteiger partial charge is 0.233 e. The molecule has 2 N–H and O–H groups in total. The highest BCUT2D eigenvalue weighted by Gasteiger charge is 2.28. The van der Waals surface area contributed by atoms with Crippen LogP contribution < -0.4 is 10.6 Å². The van der Waals surface area contributed by atoms with Crippen LogP contribution in [0.3, 0.4) is 0 Å². The number of nitrogens with one attached hydrogen (secondary N) is 2. The summed E-state index contributed by atoms with van der Waals surface area (Å²) in [5.74, 6) is 0.114. The van der Waals surface area contributed by atoms with Gasteiger partial charge < -0.3 is 15.4 Å². The summed E-state index contributed by atoms with van der Waals surface area (Å²) >= 11 is 0. The predicted octanol–water partition coefficient (Wildman–Crippen LogP) is 0.742. The van der Waals surface area contributed by atoms with Crippen LogP contribution in [0.4, 0.5) is 0 Å². The number of carbonyl (C=O) groups is 1. The average molecular weight is 283 g/mol. The van der Waals surface area contributed by atoms with Gasteiger partial charge in [0.05, 0.1) is 18.8 Å². The van der Waals surface area contributed by atoms with E-state index in [1.54, 1.807) is 7.05 Å². The van der Waals surface area contributed by atoms with Crippen molar-refractivity contribution in [3.63, 3.8) is 0 Å². The molecule has 5 nitrogen and oxygen atoms in total. The van der Waals surface area contributed by atoms with Crippen molar-refractivity contribution in [1.29, 1.82) is 0 Å². The molecule has 2 saturated heterocycles. The second-order valence-corrected chi connectivity index (χ2v) is 6.32. The number of nitrogens with zero attached hydrogens (tertiary/aromatic N) is 1. The van der Waals surface area contributed by atoms with Gasteiger partial charge in [0.25, 0.3) is 0 Å².